The van der Waals surface area contributed by atoms with E-state index in [1.807, 2.05) is 6.26 Å². The maximum absolute atomic E-state index is 11.3. The van der Waals surface area contributed by atoms with Crippen LogP contribution in [0.25, 0.3) is 0 Å². The number of aliphatic imine (C=N–C) groups is 1. The van der Waals surface area contributed by atoms with E-state index in [9.17, 15) is 4.79 Å². The number of H-pyrrole nitrogens is 1. The highest BCUT2D eigenvalue weighted by molar-refractivity contribution is 8.32. The lowest BCUT2D eigenvalue weighted by atomic mass is 10.5. The van der Waals surface area contributed by atoms with Crippen LogP contribution in [0.4, 0.5) is 11.5 Å². The van der Waals surface area contributed by atoms with Crippen molar-refractivity contribution in [1.82, 2.24) is 9.78 Å². The van der Waals surface area contributed by atoms with E-state index >= 15 is 0 Å². The van der Waals surface area contributed by atoms with Gasteiger partial charge in [0, 0.05) is 14.1 Å². The summed E-state index contributed by atoms with van der Waals surface area (Å²) in [5.74, 6) is 0.553. The molecule has 0 saturated carbocycles. The second kappa shape index (κ2) is 4.61. The van der Waals surface area contributed by atoms with Crippen LogP contribution >= 0.6 is 24.4 Å². The molecular weight excluding hydrogens is 220 g/mol. The summed E-state index contributed by atoms with van der Waals surface area (Å²) in [6.07, 6.45) is 1.87. The van der Waals surface area contributed by atoms with Gasteiger partial charge in [0.15, 0.2) is 5.82 Å². The Morgan fingerprint density at radius 3 is 2.86 bits per heavy atom. The van der Waals surface area contributed by atoms with E-state index < -0.39 is 0 Å². The third-order valence-corrected chi connectivity index (χ3v) is 2.78. The van der Waals surface area contributed by atoms with Crippen molar-refractivity contribution in [3.05, 3.63) is 10.4 Å². The number of aromatic amines is 1. The number of aromatic nitrogens is 2. The van der Waals surface area contributed by atoms with Crippen molar-refractivity contribution in [2.75, 3.05) is 18.6 Å². The van der Waals surface area contributed by atoms with Crippen LogP contribution in [0.5, 0.6) is 0 Å². The molecule has 0 aromatic carbocycles. The summed E-state index contributed by atoms with van der Waals surface area (Å²) < 4.78 is 2.16. The van der Waals surface area contributed by atoms with Crippen LogP contribution in [0.2, 0.25) is 0 Å². The minimum atomic E-state index is -0.184. The zero-order chi connectivity index (χ0) is 10.7. The molecule has 0 aliphatic heterocycles. The topological polar surface area (TPSA) is 62.2 Å². The van der Waals surface area contributed by atoms with E-state index in [0.29, 0.717) is 15.9 Å². The standard InChI is InChI=1S/C7H12N4OS2/c1-8-4-5(9-7(13)14-3)11(2)10-6(4)12/h8H,1-3H3,(H,9,13)(H,10,12). The van der Waals surface area contributed by atoms with Gasteiger partial charge in [0.05, 0.1) is 0 Å². The Bertz CT molecular complexity index is 406. The maximum atomic E-state index is 11.3. The molecule has 78 valence electrons. The first-order valence-corrected chi connectivity index (χ1v) is 5.55. The molecule has 5 nitrogen and oxygen atoms in total. The molecule has 0 aliphatic rings. The lowest BCUT2D eigenvalue weighted by molar-refractivity contribution is 0.760. The first-order chi connectivity index (χ1) is 6.60. The van der Waals surface area contributed by atoms with E-state index in [-0.39, 0.29) is 5.56 Å². The number of thioether (sulfide) groups is 1. The Hall–Kier alpha value is -0.820. The molecule has 14 heavy (non-hydrogen) atoms. The van der Waals surface area contributed by atoms with Crippen molar-refractivity contribution < 1.29 is 0 Å². The molecule has 0 saturated heterocycles. The van der Waals surface area contributed by atoms with Gasteiger partial charge >= 0.3 is 0 Å². The predicted molar refractivity (Wildman–Crippen MR) is 65.2 cm³/mol. The van der Waals surface area contributed by atoms with Crippen LogP contribution in [-0.2, 0) is 7.05 Å². The van der Waals surface area contributed by atoms with Crippen molar-refractivity contribution in [3.63, 3.8) is 0 Å². The highest BCUT2D eigenvalue weighted by Crippen LogP contribution is 2.21. The van der Waals surface area contributed by atoms with E-state index in [4.69, 9.17) is 0 Å². The van der Waals surface area contributed by atoms with Gasteiger partial charge in [-0.2, -0.15) is 0 Å². The van der Waals surface area contributed by atoms with Gasteiger partial charge in [-0.1, -0.05) is 0 Å². The molecule has 0 amide bonds. The summed E-state index contributed by atoms with van der Waals surface area (Å²) >= 11 is 5.55. The Morgan fingerprint density at radius 1 is 1.71 bits per heavy atom. The molecule has 1 aromatic rings. The molecule has 1 heterocycles. The number of aryl methyl sites for hydroxylation is 1. The molecule has 0 radical (unpaired) electrons. The van der Waals surface area contributed by atoms with E-state index in [1.165, 1.54) is 11.8 Å². The quantitative estimate of drug-likeness (QED) is 0.405. The first-order valence-electron chi connectivity index (χ1n) is 3.88. The Morgan fingerprint density at radius 2 is 2.36 bits per heavy atom. The molecule has 1 aromatic heterocycles. The van der Waals surface area contributed by atoms with Crippen LogP contribution < -0.4 is 10.9 Å². The average molecular weight is 232 g/mol. The number of anilines is 1. The molecular formula is C7H12N4OS2. The molecule has 0 spiro atoms. The smallest absolute Gasteiger partial charge is 0.289 e. The number of nitrogens with one attached hydrogen (secondary N) is 2. The lowest BCUT2D eigenvalue weighted by Gasteiger charge is -2.00. The largest absolute Gasteiger partial charge is 0.381 e. The Balaban J connectivity index is 3.26. The van der Waals surface area contributed by atoms with Crippen molar-refractivity contribution in [3.8, 4) is 0 Å². The minimum absolute atomic E-state index is 0.184. The highest BCUT2D eigenvalue weighted by Gasteiger charge is 2.10. The van der Waals surface area contributed by atoms with Crippen molar-refractivity contribution in [2.45, 2.75) is 0 Å². The Labute approximate surface area is 91.4 Å². The summed E-state index contributed by atoms with van der Waals surface area (Å²) in [4.78, 5) is 15.5. The van der Waals surface area contributed by atoms with Crippen LogP contribution in [0, 0.1) is 0 Å². The summed E-state index contributed by atoms with van der Waals surface area (Å²) in [6.45, 7) is 0. The van der Waals surface area contributed by atoms with E-state index in [1.54, 1.807) is 18.8 Å². The summed E-state index contributed by atoms with van der Waals surface area (Å²) in [5.41, 5.74) is 0.268. The second-order valence-corrected chi connectivity index (χ2v) is 4.07. The predicted octanol–water partition coefficient (Wildman–Crippen LogP) is 1.04. The third-order valence-electron chi connectivity index (χ3n) is 1.67. The number of thiol groups is 1. The van der Waals surface area contributed by atoms with Crippen LogP contribution in [0.15, 0.2) is 9.79 Å². The van der Waals surface area contributed by atoms with Gasteiger partial charge in [0.25, 0.3) is 5.56 Å². The normalized spacial score (nSPS) is 11.9. The van der Waals surface area contributed by atoms with Crippen molar-refractivity contribution >= 4 is 40.3 Å². The molecule has 0 atom stereocenters. The molecule has 0 unspecified atom stereocenters. The first kappa shape index (κ1) is 11.3. The third kappa shape index (κ3) is 2.16. The SMILES string of the molecule is CNc1c(/N=C(\S)SC)n(C)[nH]c1=O. The van der Waals surface area contributed by atoms with Crippen LogP contribution in [-0.4, -0.2) is 27.5 Å². The highest BCUT2D eigenvalue weighted by atomic mass is 32.2. The molecule has 2 N–H and O–H groups in total. The number of rotatable bonds is 2. The van der Waals surface area contributed by atoms with Crippen molar-refractivity contribution in [1.29, 1.82) is 0 Å². The zero-order valence-corrected chi connectivity index (χ0v) is 9.87. The number of hydrogen-bond acceptors (Lipinski definition) is 4. The van der Waals surface area contributed by atoms with Gasteiger partial charge in [-0.3, -0.25) is 14.6 Å². The average Bonchev–Trinajstić information content (AvgIpc) is 2.41. The van der Waals surface area contributed by atoms with Crippen molar-refractivity contribution in [2.24, 2.45) is 12.0 Å². The van der Waals surface area contributed by atoms with E-state index in [0.717, 1.165) is 0 Å². The summed E-state index contributed by atoms with van der Waals surface area (Å²) in [7, 11) is 3.41. The molecule has 0 aliphatic carbocycles. The molecule has 7 heteroatoms. The second-order valence-electron chi connectivity index (χ2n) is 2.55. The van der Waals surface area contributed by atoms with Gasteiger partial charge in [-0.05, 0) is 6.26 Å². The number of nitrogens with zero attached hydrogens (tertiary/aromatic N) is 2. The minimum Gasteiger partial charge on any atom is -0.381 e. The van der Waals surface area contributed by atoms with Crippen LogP contribution in [0.1, 0.15) is 0 Å². The summed E-state index contributed by atoms with van der Waals surface area (Å²) in [6, 6.07) is 0. The van der Waals surface area contributed by atoms with Gasteiger partial charge in [-0.15, -0.1) is 24.4 Å². The molecule has 1 rings (SSSR count). The van der Waals surface area contributed by atoms with Crippen LogP contribution in [0.3, 0.4) is 0 Å². The molecule has 0 bridgehead atoms. The maximum Gasteiger partial charge on any atom is 0.289 e. The lowest BCUT2D eigenvalue weighted by Crippen LogP contribution is -2.05. The zero-order valence-electron chi connectivity index (χ0n) is 8.16. The monoisotopic (exact) mass is 232 g/mol. The fourth-order valence-electron chi connectivity index (χ4n) is 1.02. The summed E-state index contributed by atoms with van der Waals surface area (Å²) in [5, 5.41) is 5.40. The van der Waals surface area contributed by atoms with E-state index in [2.05, 4.69) is 28.0 Å². The Kier molecular flexibility index (Phi) is 3.70. The fourth-order valence-corrected chi connectivity index (χ4v) is 1.30. The van der Waals surface area contributed by atoms with Gasteiger partial charge < -0.3 is 5.32 Å². The van der Waals surface area contributed by atoms with Gasteiger partial charge in [-0.25, -0.2) is 4.99 Å². The fraction of sp³-hybridized carbons (Fsp3) is 0.429. The van der Waals surface area contributed by atoms with Gasteiger partial charge in [0.1, 0.15) is 10.1 Å². The van der Waals surface area contributed by atoms with Gasteiger partial charge in [0.2, 0.25) is 0 Å². The number of hydrogen-bond donors (Lipinski definition) is 3. The molecule has 0 fully saturated rings.